The van der Waals surface area contributed by atoms with Gasteiger partial charge >= 0.3 is 0 Å². The van der Waals surface area contributed by atoms with Gasteiger partial charge in [-0.1, -0.05) is 62.4 Å². The molecule has 0 aliphatic carbocycles. The molecule has 4 nitrogen and oxygen atoms in total. The molecule has 1 aliphatic heterocycles. The van der Waals surface area contributed by atoms with Gasteiger partial charge in [-0.2, -0.15) is 0 Å². The molecule has 0 bridgehead atoms. The standard InChI is InChI=1S/C25H32N2O2/c1-19(2)23-11-7-8-12-24(23)27(20(3)28)18-25(29)26-15-13-22(14-16-26)17-21-9-5-4-6-10-21/h4-12,19,22H,13-18H2,1-3H3. The van der Waals surface area contributed by atoms with Crippen molar-refractivity contribution in [3.8, 4) is 0 Å². The van der Waals surface area contributed by atoms with Gasteiger partial charge in [0.25, 0.3) is 0 Å². The van der Waals surface area contributed by atoms with Crippen LogP contribution in [0.4, 0.5) is 5.69 Å². The Morgan fingerprint density at radius 1 is 1.00 bits per heavy atom. The highest BCUT2D eigenvalue weighted by Gasteiger charge is 2.26. The smallest absolute Gasteiger partial charge is 0.242 e. The highest BCUT2D eigenvalue weighted by Crippen LogP contribution is 2.28. The number of rotatable bonds is 6. The van der Waals surface area contributed by atoms with Crippen molar-refractivity contribution in [2.24, 2.45) is 5.92 Å². The van der Waals surface area contributed by atoms with E-state index in [1.54, 1.807) is 4.90 Å². The molecule has 29 heavy (non-hydrogen) atoms. The lowest BCUT2D eigenvalue weighted by Gasteiger charge is -2.34. The van der Waals surface area contributed by atoms with E-state index in [-0.39, 0.29) is 24.3 Å². The minimum absolute atomic E-state index is 0.0388. The summed E-state index contributed by atoms with van der Waals surface area (Å²) >= 11 is 0. The molecule has 0 N–H and O–H groups in total. The molecular weight excluding hydrogens is 360 g/mol. The van der Waals surface area contributed by atoms with Crippen LogP contribution < -0.4 is 4.90 Å². The second kappa shape index (κ2) is 9.73. The van der Waals surface area contributed by atoms with Crippen LogP contribution in [-0.2, 0) is 16.0 Å². The van der Waals surface area contributed by atoms with Crippen LogP contribution in [0.25, 0.3) is 0 Å². The fraction of sp³-hybridized carbons (Fsp3) is 0.440. The lowest BCUT2D eigenvalue weighted by Crippen LogP contribution is -2.46. The molecule has 0 spiro atoms. The Morgan fingerprint density at radius 3 is 2.24 bits per heavy atom. The second-order valence-corrected chi connectivity index (χ2v) is 8.33. The molecule has 3 rings (SSSR count). The zero-order valence-corrected chi connectivity index (χ0v) is 17.8. The molecular formula is C25H32N2O2. The molecule has 1 aliphatic rings. The van der Waals surface area contributed by atoms with Gasteiger partial charge in [-0.15, -0.1) is 0 Å². The minimum atomic E-state index is -0.0922. The summed E-state index contributed by atoms with van der Waals surface area (Å²) in [4.78, 5) is 28.9. The predicted molar refractivity (Wildman–Crippen MR) is 118 cm³/mol. The molecule has 0 unspecified atom stereocenters. The van der Waals surface area contributed by atoms with Gasteiger partial charge < -0.3 is 9.80 Å². The Hall–Kier alpha value is -2.62. The van der Waals surface area contributed by atoms with E-state index in [9.17, 15) is 9.59 Å². The number of likely N-dealkylation sites (tertiary alicyclic amines) is 1. The maximum Gasteiger partial charge on any atom is 0.242 e. The number of anilines is 1. The third-order valence-electron chi connectivity index (χ3n) is 5.86. The maximum atomic E-state index is 13.0. The van der Waals surface area contributed by atoms with Crippen LogP contribution in [0.1, 0.15) is 50.7 Å². The normalized spacial score (nSPS) is 14.8. The second-order valence-electron chi connectivity index (χ2n) is 8.33. The Labute approximate surface area is 174 Å². The van der Waals surface area contributed by atoms with E-state index < -0.39 is 0 Å². The Bertz CT molecular complexity index is 824. The molecule has 0 aromatic heterocycles. The van der Waals surface area contributed by atoms with Crippen molar-refractivity contribution in [2.75, 3.05) is 24.5 Å². The van der Waals surface area contributed by atoms with Crippen LogP contribution in [0.3, 0.4) is 0 Å². The van der Waals surface area contributed by atoms with Crippen LogP contribution in [-0.4, -0.2) is 36.3 Å². The molecule has 0 atom stereocenters. The van der Waals surface area contributed by atoms with Crippen molar-refractivity contribution < 1.29 is 9.59 Å². The van der Waals surface area contributed by atoms with E-state index >= 15 is 0 Å². The van der Waals surface area contributed by atoms with Crippen molar-refractivity contribution in [3.63, 3.8) is 0 Å². The van der Waals surface area contributed by atoms with Crippen molar-refractivity contribution in [1.82, 2.24) is 4.90 Å². The van der Waals surface area contributed by atoms with Crippen LogP contribution in [0.2, 0.25) is 0 Å². The number of amides is 2. The van der Waals surface area contributed by atoms with E-state index in [0.29, 0.717) is 5.92 Å². The third kappa shape index (κ3) is 5.47. The molecule has 2 aromatic rings. The summed E-state index contributed by atoms with van der Waals surface area (Å²) in [6, 6.07) is 18.4. The summed E-state index contributed by atoms with van der Waals surface area (Å²) in [5.74, 6) is 0.853. The third-order valence-corrected chi connectivity index (χ3v) is 5.86. The monoisotopic (exact) mass is 392 g/mol. The number of para-hydroxylation sites is 1. The first-order valence-corrected chi connectivity index (χ1v) is 10.6. The van der Waals surface area contributed by atoms with E-state index in [2.05, 4.69) is 38.1 Å². The average Bonchev–Trinajstić information content (AvgIpc) is 2.73. The molecule has 0 radical (unpaired) electrons. The van der Waals surface area contributed by atoms with Crippen LogP contribution >= 0.6 is 0 Å². The fourth-order valence-electron chi connectivity index (χ4n) is 4.16. The Balaban J connectivity index is 1.61. The summed E-state index contributed by atoms with van der Waals surface area (Å²) in [6.45, 7) is 7.41. The lowest BCUT2D eigenvalue weighted by atomic mass is 9.90. The van der Waals surface area contributed by atoms with Crippen LogP contribution in [0, 0.1) is 5.92 Å². The van der Waals surface area contributed by atoms with Gasteiger partial charge in [0, 0.05) is 25.7 Å². The molecule has 154 valence electrons. The summed E-state index contributed by atoms with van der Waals surface area (Å²) in [5, 5.41) is 0. The van der Waals surface area contributed by atoms with Crippen LogP contribution in [0.5, 0.6) is 0 Å². The largest absolute Gasteiger partial charge is 0.341 e. The van der Waals surface area contributed by atoms with E-state index in [0.717, 1.165) is 43.6 Å². The molecule has 2 amide bonds. The molecule has 2 aromatic carbocycles. The van der Waals surface area contributed by atoms with Gasteiger partial charge in [0.15, 0.2) is 0 Å². The van der Waals surface area contributed by atoms with E-state index in [1.165, 1.54) is 12.5 Å². The van der Waals surface area contributed by atoms with Gasteiger partial charge in [-0.25, -0.2) is 0 Å². The van der Waals surface area contributed by atoms with Crippen molar-refractivity contribution >= 4 is 17.5 Å². The lowest BCUT2D eigenvalue weighted by molar-refractivity contribution is -0.132. The number of benzene rings is 2. The van der Waals surface area contributed by atoms with Crippen molar-refractivity contribution in [2.45, 2.75) is 46.0 Å². The first kappa shape index (κ1) is 21.1. The quantitative estimate of drug-likeness (QED) is 0.718. The summed E-state index contributed by atoms with van der Waals surface area (Å²) in [5.41, 5.74) is 3.31. The Morgan fingerprint density at radius 2 is 1.62 bits per heavy atom. The zero-order valence-electron chi connectivity index (χ0n) is 17.8. The molecule has 1 saturated heterocycles. The van der Waals surface area contributed by atoms with Gasteiger partial charge in [0.1, 0.15) is 6.54 Å². The summed E-state index contributed by atoms with van der Waals surface area (Å²) < 4.78 is 0. The number of nitrogens with zero attached hydrogens (tertiary/aromatic N) is 2. The number of hydrogen-bond donors (Lipinski definition) is 0. The molecule has 1 heterocycles. The van der Waals surface area contributed by atoms with Crippen molar-refractivity contribution in [1.29, 1.82) is 0 Å². The number of carbonyl (C=O) groups is 2. The van der Waals surface area contributed by atoms with Gasteiger partial charge in [-0.05, 0) is 48.3 Å². The fourth-order valence-corrected chi connectivity index (χ4v) is 4.16. The first-order valence-electron chi connectivity index (χ1n) is 10.6. The highest BCUT2D eigenvalue weighted by molar-refractivity contribution is 5.98. The Kier molecular flexibility index (Phi) is 7.08. The first-order chi connectivity index (χ1) is 14.0. The minimum Gasteiger partial charge on any atom is -0.341 e. The topological polar surface area (TPSA) is 40.6 Å². The van der Waals surface area contributed by atoms with Gasteiger partial charge in [0.2, 0.25) is 11.8 Å². The van der Waals surface area contributed by atoms with E-state index in [4.69, 9.17) is 0 Å². The summed E-state index contributed by atoms with van der Waals surface area (Å²) in [6.07, 6.45) is 3.11. The maximum absolute atomic E-state index is 13.0. The van der Waals surface area contributed by atoms with Crippen molar-refractivity contribution in [3.05, 3.63) is 65.7 Å². The molecule has 0 saturated carbocycles. The van der Waals surface area contributed by atoms with E-state index in [1.807, 2.05) is 35.2 Å². The molecule has 1 fully saturated rings. The van der Waals surface area contributed by atoms with Gasteiger partial charge in [-0.3, -0.25) is 9.59 Å². The number of piperidine rings is 1. The average molecular weight is 393 g/mol. The van der Waals surface area contributed by atoms with Crippen LogP contribution in [0.15, 0.2) is 54.6 Å². The number of carbonyl (C=O) groups excluding carboxylic acids is 2. The van der Waals surface area contributed by atoms with Gasteiger partial charge in [0.05, 0.1) is 0 Å². The predicted octanol–water partition coefficient (Wildman–Crippen LogP) is 4.64. The molecule has 4 heteroatoms. The SMILES string of the molecule is CC(=O)N(CC(=O)N1CCC(Cc2ccccc2)CC1)c1ccccc1C(C)C. The summed E-state index contributed by atoms with van der Waals surface area (Å²) in [7, 11) is 0. The zero-order chi connectivity index (χ0) is 20.8. The highest BCUT2D eigenvalue weighted by atomic mass is 16.2. The number of hydrogen-bond acceptors (Lipinski definition) is 2.